The predicted molar refractivity (Wildman–Crippen MR) is 72.3 cm³/mol. The topological polar surface area (TPSA) is 53.4 Å². The van der Waals surface area contributed by atoms with E-state index in [0.717, 1.165) is 10.7 Å². The van der Waals surface area contributed by atoms with Crippen molar-refractivity contribution in [2.75, 3.05) is 11.4 Å². The van der Waals surface area contributed by atoms with Crippen molar-refractivity contribution < 1.29 is 9.90 Å². The fourth-order valence-corrected chi connectivity index (χ4v) is 2.54. The average Bonchev–Trinajstić information content (AvgIpc) is 2.75. The van der Waals surface area contributed by atoms with E-state index in [9.17, 15) is 4.79 Å². The van der Waals surface area contributed by atoms with Gasteiger partial charge in [-0.3, -0.25) is 4.79 Å². The van der Waals surface area contributed by atoms with Gasteiger partial charge in [0.25, 0.3) is 0 Å². The highest BCUT2D eigenvalue weighted by Crippen LogP contribution is 2.22. The Labute approximate surface area is 113 Å². The van der Waals surface area contributed by atoms with Gasteiger partial charge in [-0.15, -0.1) is 11.3 Å². The van der Waals surface area contributed by atoms with Crippen molar-refractivity contribution >= 4 is 34.6 Å². The smallest absolute Gasteiger partial charge is 0.323 e. The number of thiazole rings is 1. The number of carbonyl (C=O) groups is 1. The minimum Gasteiger partial charge on any atom is -0.480 e. The second-order valence-corrected chi connectivity index (χ2v) is 5.39. The fraction of sp³-hybridized carbons (Fsp3) is 0.167. The zero-order valence-corrected chi connectivity index (χ0v) is 11.0. The van der Waals surface area contributed by atoms with E-state index < -0.39 is 5.97 Å². The van der Waals surface area contributed by atoms with E-state index in [0.29, 0.717) is 10.9 Å². The van der Waals surface area contributed by atoms with Crippen LogP contribution in [0.3, 0.4) is 0 Å². The first-order valence-electron chi connectivity index (χ1n) is 5.27. The Morgan fingerprint density at radius 3 is 2.67 bits per heavy atom. The van der Waals surface area contributed by atoms with Crippen LogP contribution in [-0.4, -0.2) is 22.6 Å². The fourth-order valence-electron chi connectivity index (χ4n) is 1.56. The van der Waals surface area contributed by atoms with E-state index in [1.165, 1.54) is 11.3 Å². The molecule has 4 nitrogen and oxygen atoms in total. The van der Waals surface area contributed by atoms with Crippen molar-refractivity contribution in [2.45, 2.75) is 6.54 Å². The summed E-state index contributed by atoms with van der Waals surface area (Å²) in [6.07, 6.45) is 1.57. The Morgan fingerprint density at radius 2 is 2.11 bits per heavy atom. The monoisotopic (exact) mass is 282 g/mol. The third kappa shape index (κ3) is 3.45. The number of carboxylic acids is 1. The van der Waals surface area contributed by atoms with Crippen molar-refractivity contribution in [3.63, 3.8) is 0 Å². The Morgan fingerprint density at radius 1 is 1.39 bits per heavy atom. The number of anilines is 1. The first-order valence-corrected chi connectivity index (χ1v) is 6.46. The number of nitrogens with zero attached hydrogens (tertiary/aromatic N) is 2. The van der Waals surface area contributed by atoms with Crippen molar-refractivity contribution in [1.29, 1.82) is 0 Å². The molecule has 0 radical (unpaired) electrons. The lowest BCUT2D eigenvalue weighted by atomic mass is 10.3. The lowest BCUT2D eigenvalue weighted by molar-refractivity contribution is -0.135. The van der Waals surface area contributed by atoms with E-state index in [4.69, 9.17) is 16.7 Å². The summed E-state index contributed by atoms with van der Waals surface area (Å²) in [6, 6.07) is 9.39. The quantitative estimate of drug-likeness (QED) is 0.916. The standard InChI is InChI=1S/C12H11ClN2O2S/c13-10-6-14-11(18-10)7-15(8-12(16)17)9-4-2-1-3-5-9/h1-6H,7-8H2,(H,16,17). The maximum Gasteiger partial charge on any atom is 0.323 e. The molecule has 0 saturated carbocycles. The molecule has 0 unspecified atom stereocenters. The van der Waals surface area contributed by atoms with Gasteiger partial charge in [0.05, 0.1) is 12.7 Å². The maximum atomic E-state index is 10.9. The molecule has 2 rings (SSSR count). The Kier molecular flexibility index (Phi) is 4.17. The van der Waals surface area contributed by atoms with Crippen LogP contribution >= 0.6 is 22.9 Å². The number of carboxylic acid groups (broad SMARTS) is 1. The molecule has 6 heteroatoms. The molecule has 0 aliphatic rings. The summed E-state index contributed by atoms with van der Waals surface area (Å²) >= 11 is 7.17. The van der Waals surface area contributed by atoms with Gasteiger partial charge in [-0.2, -0.15) is 0 Å². The number of hydrogen-bond acceptors (Lipinski definition) is 4. The number of aliphatic carboxylic acids is 1. The summed E-state index contributed by atoms with van der Waals surface area (Å²) in [5, 5.41) is 9.74. The normalized spacial score (nSPS) is 10.3. The molecule has 0 fully saturated rings. The second kappa shape index (κ2) is 5.84. The molecule has 0 aliphatic heterocycles. The van der Waals surface area contributed by atoms with Crippen LogP contribution in [0.25, 0.3) is 0 Å². The van der Waals surface area contributed by atoms with Gasteiger partial charge in [0, 0.05) is 5.69 Å². The Hall–Kier alpha value is -1.59. The van der Waals surface area contributed by atoms with Crippen LogP contribution in [0.2, 0.25) is 4.34 Å². The highest BCUT2D eigenvalue weighted by molar-refractivity contribution is 7.15. The van der Waals surface area contributed by atoms with Gasteiger partial charge >= 0.3 is 5.97 Å². The van der Waals surface area contributed by atoms with Gasteiger partial charge in [0.15, 0.2) is 0 Å². The van der Waals surface area contributed by atoms with E-state index in [1.54, 1.807) is 11.1 Å². The third-order valence-corrected chi connectivity index (χ3v) is 3.40. The lowest BCUT2D eigenvalue weighted by Gasteiger charge is -2.21. The molecule has 0 amide bonds. The van der Waals surface area contributed by atoms with Crippen molar-refractivity contribution in [2.24, 2.45) is 0 Å². The van der Waals surface area contributed by atoms with Crippen molar-refractivity contribution in [3.8, 4) is 0 Å². The molecule has 0 spiro atoms. The number of benzene rings is 1. The molecule has 0 saturated heterocycles. The molecule has 1 heterocycles. The number of hydrogen-bond donors (Lipinski definition) is 1. The van der Waals surface area contributed by atoms with Crippen LogP contribution in [-0.2, 0) is 11.3 Å². The minimum absolute atomic E-state index is 0.0682. The molecule has 0 aliphatic carbocycles. The van der Waals surface area contributed by atoms with Gasteiger partial charge in [0.2, 0.25) is 0 Å². The largest absolute Gasteiger partial charge is 0.480 e. The van der Waals surface area contributed by atoms with Crippen LogP contribution < -0.4 is 4.90 Å². The number of aromatic nitrogens is 1. The summed E-state index contributed by atoms with van der Waals surface area (Å²) in [5.74, 6) is -0.874. The second-order valence-electron chi connectivity index (χ2n) is 3.64. The van der Waals surface area contributed by atoms with E-state index >= 15 is 0 Å². The SMILES string of the molecule is O=C(O)CN(Cc1ncc(Cl)s1)c1ccccc1. The lowest BCUT2D eigenvalue weighted by Crippen LogP contribution is -2.29. The van der Waals surface area contributed by atoms with Gasteiger partial charge in [-0.05, 0) is 12.1 Å². The van der Waals surface area contributed by atoms with E-state index in [-0.39, 0.29) is 6.54 Å². The molecule has 1 aromatic heterocycles. The zero-order chi connectivity index (χ0) is 13.0. The van der Waals surface area contributed by atoms with E-state index in [1.807, 2.05) is 30.3 Å². The van der Waals surface area contributed by atoms with E-state index in [2.05, 4.69) is 4.98 Å². The van der Waals surface area contributed by atoms with Crippen LogP contribution in [0, 0.1) is 0 Å². The van der Waals surface area contributed by atoms with Gasteiger partial charge in [-0.25, -0.2) is 4.98 Å². The third-order valence-electron chi connectivity index (χ3n) is 2.30. The van der Waals surface area contributed by atoms with Gasteiger partial charge in [0.1, 0.15) is 15.9 Å². The van der Waals surface area contributed by atoms with Crippen molar-refractivity contribution in [3.05, 3.63) is 45.9 Å². The minimum atomic E-state index is -0.874. The van der Waals surface area contributed by atoms with Gasteiger partial charge in [-0.1, -0.05) is 29.8 Å². The van der Waals surface area contributed by atoms with Crippen molar-refractivity contribution in [1.82, 2.24) is 4.98 Å². The van der Waals surface area contributed by atoms with Crippen LogP contribution in [0.4, 0.5) is 5.69 Å². The maximum absolute atomic E-state index is 10.9. The highest BCUT2D eigenvalue weighted by atomic mass is 35.5. The number of rotatable bonds is 5. The molecule has 94 valence electrons. The molecule has 0 bridgehead atoms. The van der Waals surface area contributed by atoms with Gasteiger partial charge < -0.3 is 10.0 Å². The average molecular weight is 283 g/mol. The molecule has 2 aromatic rings. The zero-order valence-electron chi connectivity index (χ0n) is 9.41. The summed E-state index contributed by atoms with van der Waals surface area (Å²) in [6.45, 7) is 0.370. The number of para-hydroxylation sites is 1. The Balaban J connectivity index is 2.18. The number of halogens is 1. The molecule has 18 heavy (non-hydrogen) atoms. The summed E-state index contributed by atoms with van der Waals surface area (Å²) in [5.41, 5.74) is 0.853. The molecular formula is C12H11ClN2O2S. The van der Waals surface area contributed by atoms with Crippen LogP contribution in [0.1, 0.15) is 5.01 Å². The summed E-state index contributed by atoms with van der Waals surface area (Å²) in [7, 11) is 0. The molecule has 1 N–H and O–H groups in total. The molecule has 1 aromatic carbocycles. The summed E-state index contributed by atoms with van der Waals surface area (Å²) in [4.78, 5) is 16.8. The van der Waals surface area contributed by atoms with Crippen LogP contribution in [0.5, 0.6) is 0 Å². The highest BCUT2D eigenvalue weighted by Gasteiger charge is 2.13. The summed E-state index contributed by atoms with van der Waals surface area (Å²) < 4.78 is 0.605. The first kappa shape index (κ1) is 12.9. The molecule has 0 atom stereocenters. The Bertz CT molecular complexity index is 530. The molecular weight excluding hydrogens is 272 g/mol. The first-order chi connectivity index (χ1) is 8.65. The predicted octanol–water partition coefficient (Wildman–Crippen LogP) is 2.89. The van der Waals surface area contributed by atoms with Crippen LogP contribution in [0.15, 0.2) is 36.5 Å².